The average Bonchev–Trinajstić information content (AvgIpc) is 2.42. The molecular weight excluding hydrogens is 231 g/mol. The van der Waals surface area contributed by atoms with Crippen LogP contribution in [0.5, 0.6) is 0 Å². The van der Waals surface area contributed by atoms with Crippen molar-refractivity contribution < 1.29 is 9.13 Å². The van der Waals surface area contributed by atoms with Gasteiger partial charge in [0, 0.05) is 19.4 Å². The zero-order valence-electron chi connectivity index (χ0n) is 10.9. The van der Waals surface area contributed by atoms with Crippen molar-refractivity contribution in [3.05, 3.63) is 29.8 Å². The molecular formula is C14H21FN2O. The van der Waals surface area contributed by atoms with E-state index in [0.717, 1.165) is 39.0 Å². The van der Waals surface area contributed by atoms with Crippen LogP contribution >= 0.6 is 0 Å². The Bertz CT molecular complexity index is 367. The van der Waals surface area contributed by atoms with E-state index in [4.69, 9.17) is 4.74 Å². The molecule has 1 unspecified atom stereocenters. The van der Waals surface area contributed by atoms with E-state index >= 15 is 0 Å². The summed E-state index contributed by atoms with van der Waals surface area (Å²) in [6, 6.07) is 3.14. The minimum absolute atomic E-state index is 0.00931. The monoisotopic (exact) mass is 252 g/mol. The number of nitrogens with zero attached hydrogens (tertiary/aromatic N) is 1. The molecule has 1 aliphatic rings. The molecule has 2 heterocycles. The summed E-state index contributed by atoms with van der Waals surface area (Å²) < 4.78 is 19.3. The second-order valence-electron chi connectivity index (χ2n) is 4.75. The topological polar surface area (TPSA) is 34.2 Å². The molecule has 100 valence electrons. The van der Waals surface area contributed by atoms with E-state index in [1.807, 2.05) is 0 Å². The van der Waals surface area contributed by atoms with E-state index in [9.17, 15) is 4.39 Å². The molecule has 0 aromatic carbocycles. The van der Waals surface area contributed by atoms with Crippen molar-refractivity contribution in [1.82, 2.24) is 10.3 Å². The first-order chi connectivity index (χ1) is 8.83. The normalized spacial score (nSPS) is 18.8. The lowest BCUT2D eigenvalue weighted by atomic mass is 9.89. The second kappa shape index (κ2) is 6.81. The Morgan fingerprint density at radius 2 is 2.28 bits per heavy atom. The maximum atomic E-state index is 13.9. The highest BCUT2D eigenvalue weighted by molar-refractivity contribution is 5.13. The Balaban J connectivity index is 2.15. The number of pyridine rings is 1. The molecule has 4 heteroatoms. The number of hydrogen-bond acceptors (Lipinski definition) is 3. The van der Waals surface area contributed by atoms with Gasteiger partial charge in [-0.05, 0) is 43.9 Å². The van der Waals surface area contributed by atoms with Crippen molar-refractivity contribution in [2.24, 2.45) is 5.92 Å². The molecule has 1 saturated heterocycles. The van der Waals surface area contributed by atoms with Gasteiger partial charge in [0.15, 0.2) is 0 Å². The molecule has 1 atom stereocenters. The van der Waals surface area contributed by atoms with Crippen molar-refractivity contribution in [3.63, 3.8) is 0 Å². The maximum absolute atomic E-state index is 13.9. The second-order valence-corrected chi connectivity index (χ2v) is 4.75. The molecule has 0 spiro atoms. The van der Waals surface area contributed by atoms with E-state index in [0.29, 0.717) is 11.6 Å². The molecule has 1 aromatic heterocycles. The Morgan fingerprint density at radius 3 is 2.94 bits per heavy atom. The van der Waals surface area contributed by atoms with Crippen LogP contribution in [0.25, 0.3) is 0 Å². The number of aromatic nitrogens is 1. The van der Waals surface area contributed by atoms with E-state index < -0.39 is 0 Å². The average molecular weight is 252 g/mol. The number of nitrogens with one attached hydrogen (secondary N) is 1. The lowest BCUT2D eigenvalue weighted by Crippen LogP contribution is -2.33. The van der Waals surface area contributed by atoms with Crippen molar-refractivity contribution in [2.75, 3.05) is 19.8 Å². The number of rotatable bonds is 5. The minimum atomic E-state index is -0.211. The summed E-state index contributed by atoms with van der Waals surface area (Å²) in [7, 11) is 0. The van der Waals surface area contributed by atoms with Crippen molar-refractivity contribution in [3.8, 4) is 0 Å². The van der Waals surface area contributed by atoms with E-state index in [1.54, 1.807) is 12.3 Å². The lowest BCUT2D eigenvalue weighted by molar-refractivity contribution is 0.0525. The molecule has 0 bridgehead atoms. The molecule has 2 rings (SSSR count). The zero-order chi connectivity index (χ0) is 12.8. The first kappa shape index (κ1) is 13.4. The van der Waals surface area contributed by atoms with Crippen LogP contribution in [0.2, 0.25) is 0 Å². The van der Waals surface area contributed by atoms with Gasteiger partial charge in [-0.3, -0.25) is 4.98 Å². The van der Waals surface area contributed by atoms with E-state index in [-0.39, 0.29) is 11.9 Å². The van der Waals surface area contributed by atoms with Gasteiger partial charge in [-0.1, -0.05) is 6.92 Å². The zero-order valence-corrected chi connectivity index (χ0v) is 10.9. The molecule has 0 radical (unpaired) electrons. The largest absolute Gasteiger partial charge is 0.381 e. The molecule has 18 heavy (non-hydrogen) atoms. The van der Waals surface area contributed by atoms with Crippen LogP contribution in [0.1, 0.15) is 37.9 Å². The Hall–Kier alpha value is -1.00. The van der Waals surface area contributed by atoms with Gasteiger partial charge in [0.05, 0.1) is 11.7 Å². The van der Waals surface area contributed by atoms with Crippen LogP contribution in [0, 0.1) is 11.7 Å². The first-order valence-electron chi connectivity index (χ1n) is 6.74. The molecule has 3 nitrogen and oxygen atoms in total. The van der Waals surface area contributed by atoms with Crippen molar-refractivity contribution in [2.45, 2.75) is 32.2 Å². The van der Waals surface area contributed by atoms with E-state index in [2.05, 4.69) is 17.2 Å². The quantitative estimate of drug-likeness (QED) is 0.875. The van der Waals surface area contributed by atoms with Crippen molar-refractivity contribution in [1.29, 1.82) is 0 Å². The molecule has 0 amide bonds. The van der Waals surface area contributed by atoms with Gasteiger partial charge >= 0.3 is 0 Å². The Kier molecular flexibility index (Phi) is 5.08. The summed E-state index contributed by atoms with van der Waals surface area (Å²) in [5, 5.41) is 3.44. The predicted molar refractivity (Wildman–Crippen MR) is 68.8 cm³/mol. The van der Waals surface area contributed by atoms with Crippen LogP contribution in [-0.4, -0.2) is 24.7 Å². The fraction of sp³-hybridized carbons (Fsp3) is 0.643. The van der Waals surface area contributed by atoms with E-state index in [1.165, 1.54) is 6.07 Å². The fourth-order valence-corrected chi connectivity index (χ4v) is 2.46. The molecule has 0 saturated carbocycles. The Morgan fingerprint density at radius 1 is 1.50 bits per heavy atom. The van der Waals surface area contributed by atoms with Gasteiger partial charge < -0.3 is 10.1 Å². The molecule has 1 N–H and O–H groups in total. The first-order valence-corrected chi connectivity index (χ1v) is 6.74. The SMILES string of the molecule is CCCNC(c1ncccc1F)C1CCOCC1. The highest BCUT2D eigenvalue weighted by Gasteiger charge is 2.27. The highest BCUT2D eigenvalue weighted by atomic mass is 19.1. The standard InChI is InChI=1S/C14H21FN2O/c1-2-7-16-13(11-5-9-18-10-6-11)14-12(15)4-3-8-17-14/h3-4,8,11,13,16H,2,5-7,9-10H2,1H3. The van der Waals surface area contributed by atoms with Crippen LogP contribution in [0.4, 0.5) is 4.39 Å². The lowest BCUT2D eigenvalue weighted by Gasteiger charge is -2.30. The number of halogens is 1. The maximum Gasteiger partial charge on any atom is 0.146 e. The Labute approximate surface area is 108 Å². The molecule has 0 aliphatic carbocycles. The molecule has 1 aromatic rings. The highest BCUT2D eigenvalue weighted by Crippen LogP contribution is 2.30. The van der Waals surface area contributed by atoms with Crippen LogP contribution in [0.3, 0.4) is 0 Å². The van der Waals surface area contributed by atoms with Gasteiger partial charge in [-0.2, -0.15) is 0 Å². The fourth-order valence-electron chi connectivity index (χ4n) is 2.46. The predicted octanol–water partition coefficient (Wildman–Crippen LogP) is 2.69. The number of hydrogen-bond donors (Lipinski definition) is 1. The summed E-state index contributed by atoms with van der Waals surface area (Å²) in [4.78, 5) is 4.23. The van der Waals surface area contributed by atoms with Gasteiger partial charge in [-0.15, -0.1) is 0 Å². The summed E-state index contributed by atoms with van der Waals surface area (Å²) in [6.07, 6.45) is 4.64. The van der Waals surface area contributed by atoms with Crippen LogP contribution in [-0.2, 0) is 4.74 Å². The third-order valence-electron chi connectivity index (χ3n) is 3.43. The number of ether oxygens (including phenoxy) is 1. The minimum Gasteiger partial charge on any atom is -0.381 e. The smallest absolute Gasteiger partial charge is 0.146 e. The summed E-state index contributed by atoms with van der Waals surface area (Å²) in [5.74, 6) is 0.201. The summed E-state index contributed by atoms with van der Waals surface area (Å²) in [5.41, 5.74) is 0.554. The third kappa shape index (κ3) is 3.27. The third-order valence-corrected chi connectivity index (χ3v) is 3.43. The van der Waals surface area contributed by atoms with Gasteiger partial charge in [0.25, 0.3) is 0 Å². The van der Waals surface area contributed by atoms with Gasteiger partial charge in [0.1, 0.15) is 5.82 Å². The van der Waals surface area contributed by atoms with Crippen LogP contribution < -0.4 is 5.32 Å². The van der Waals surface area contributed by atoms with Gasteiger partial charge in [-0.25, -0.2) is 4.39 Å². The molecule has 1 fully saturated rings. The summed E-state index contributed by atoms with van der Waals surface area (Å²) in [6.45, 7) is 4.54. The summed E-state index contributed by atoms with van der Waals surface area (Å²) >= 11 is 0. The van der Waals surface area contributed by atoms with Crippen LogP contribution in [0.15, 0.2) is 18.3 Å². The molecule has 1 aliphatic heterocycles. The van der Waals surface area contributed by atoms with Gasteiger partial charge in [0.2, 0.25) is 0 Å². The van der Waals surface area contributed by atoms with Crippen molar-refractivity contribution >= 4 is 0 Å².